The minimum Gasteiger partial charge on any atom is -0.679 e. The molecule has 0 fully saturated rings. The molecule has 0 aromatic rings. The van der Waals surface area contributed by atoms with Gasteiger partial charge < -0.3 is 30.2 Å². The SMILES string of the molecule is O=N[O-].[Br][Pt][Br].[CH2-]CC[NH-].[CH3-]. The van der Waals surface area contributed by atoms with Gasteiger partial charge in [0.2, 0.25) is 0 Å². The fourth-order valence-electron chi connectivity index (χ4n) is 0. The van der Waals surface area contributed by atoms with Gasteiger partial charge in [0.15, 0.2) is 0 Å². The zero-order valence-electron chi connectivity index (χ0n) is 5.96. The largest absolute Gasteiger partial charge is 0.679 e. The van der Waals surface area contributed by atoms with Gasteiger partial charge in [0.25, 0.3) is 0 Å². The van der Waals surface area contributed by atoms with Crippen molar-refractivity contribution in [3.8, 4) is 0 Å². The maximum atomic E-state index is 8.00. The van der Waals surface area contributed by atoms with Gasteiger partial charge >= 0.3 is 41.0 Å². The van der Waals surface area contributed by atoms with Crippen LogP contribution in [0, 0.1) is 24.5 Å². The smallest absolute Gasteiger partial charge is 0.179 e. The van der Waals surface area contributed by atoms with E-state index in [0.717, 1.165) is 11.8 Å². The third kappa shape index (κ3) is 221. The van der Waals surface area contributed by atoms with Crippen molar-refractivity contribution in [3.63, 3.8) is 0 Å². The van der Waals surface area contributed by atoms with Crippen molar-refractivity contribution in [2.45, 2.75) is 6.42 Å². The zero-order valence-corrected chi connectivity index (χ0v) is 11.4. The van der Waals surface area contributed by atoms with E-state index in [-0.39, 0.29) is 21.9 Å². The Hall–Kier alpha value is 1.01. The van der Waals surface area contributed by atoms with E-state index in [1.54, 1.807) is 0 Å². The Balaban J connectivity index is -0.0000000325. The van der Waals surface area contributed by atoms with Gasteiger partial charge in [-0.2, -0.15) is 6.54 Å². The Kier molecular flexibility index (Phi) is 90.7. The van der Waals surface area contributed by atoms with Gasteiger partial charge in [-0.1, -0.05) is 0 Å². The minimum absolute atomic E-state index is 0. The van der Waals surface area contributed by atoms with E-state index in [2.05, 4.69) is 33.5 Å². The summed E-state index contributed by atoms with van der Waals surface area (Å²) in [5.41, 5.74) is 6.39. The molecule has 0 aliphatic rings. The van der Waals surface area contributed by atoms with E-state index in [0.29, 0.717) is 6.54 Å². The van der Waals surface area contributed by atoms with Crippen molar-refractivity contribution in [1.29, 1.82) is 0 Å². The third-order valence-electron chi connectivity index (χ3n) is 0.177. The molecule has 0 atom stereocenters. The first-order valence-corrected chi connectivity index (χ1v) is 11.9. The summed E-state index contributed by atoms with van der Waals surface area (Å²) in [6.45, 7) is 3.88. The molecule has 0 saturated carbocycles. The van der Waals surface area contributed by atoms with Gasteiger partial charge in [-0.15, -0.1) is 5.34 Å². The van der Waals surface area contributed by atoms with Crippen molar-refractivity contribution in [3.05, 3.63) is 30.2 Å². The number of hydrogen-bond donors (Lipinski definition) is 0. The average Bonchev–Trinajstić information content (AvgIpc) is 1.91. The predicted octanol–water partition coefficient (Wildman–Crippen LogP) is 3.65. The quantitative estimate of drug-likeness (QED) is 0.332. The van der Waals surface area contributed by atoms with Crippen LogP contribution in [0.3, 0.4) is 0 Å². The van der Waals surface area contributed by atoms with Gasteiger partial charge in [-0.25, -0.2) is 6.42 Å². The van der Waals surface area contributed by atoms with E-state index < -0.39 is 0 Å². The molecule has 1 N–H and O–H groups in total. The Labute approximate surface area is 89.1 Å². The summed E-state index contributed by atoms with van der Waals surface area (Å²) >= 11 is 6.56. The molecule has 0 unspecified atom stereocenters. The van der Waals surface area contributed by atoms with Crippen LogP contribution < -0.4 is 0 Å². The number of hydrogen-bond acceptors (Lipinski definition) is 3. The maximum absolute atomic E-state index is 8.00. The van der Waals surface area contributed by atoms with Crippen LogP contribution in [-0.4, -0.2) is 6.54 Å². The average molecular weight is 473 g/mol. The van der Waals surface area contributed by atoms with Gasteiger partial charge in [0.1, 0.15) is 0 Å². The molecule has 0 aromatic heterocycles. The van der Waals surface area contributed by atoms with Crippen LogP contribution in [0.15, 0.2) is 5.34 Å². The Morgan fingerprint density at radius 2 is 1.73 bits per heavy atom. The second-order valence-corrected chi connectivity index (χ2v) is 10.7. The fraction of sp³-hybridized carbons (Fsp3) is 0.500. The molecule has 0 aliphatic carbocycles. The van der Waals surface area contributed by atoms with Crippen molar-refractivity contribution >= 4 is 26.6 Å². The van der Waals surface area contributed by atoms with Crippen molar-refractivity contribution in [1.82, 2.24) is 0 Å². The number of rotatable bonds is 1. The number of nitrogens with one attached hydrogen (secondary N) is 1. The van der Waals surface area contributed by atoms with Crippen LogP contribution in [0.5, 0.6) is 0 Å². The standard InChI is InChI=1S/C3H7N.CH3.2BrH.HNO2.Pt/c1-2-3-4;;;;2-1-3;/h4H,1-3H2;1H3;2*1H;(H,2,3);/q-2;-1;;;;+2/p-3. The molecule has 0 spiro atoms. The van der Waals surface area contributed by atoms with Gasteiger partial charge in [-0.05, 0) is 0 Å². The van der Waals surface area contributed by atoms with Gasteiger partial charge in [0, 0.05) is 0 Å². The molecule has 0 radical (unpaired) electrons. The molecule has 0 amide bonds. The molecule has 0 heterocycles. The van der Waals surface area contributed by atoms with Crippen molar-refractivity contribution in [2.75, 3.05) is 6.54 Å². The molecule has 0 aliphatic heterocycles. The molecule has 76 valence electrons. The van der Waals surface area contributed by atoms with E-state index >= 15 is 0 Å². The second kappa shape index (κ2) is 44.0. The zero-order chi connectivity index (χ0) is 8.83. The minimum atomic E-state index is 0. The molecule has 0 rings (SSSR count). The number of halogens is 2. The molecule has 4 nitrogen and oxygen atoms in total. The Bertz CT molecular complexity index is 51.1. The topological polar surface area (TPSA) is 76.3 Å². The van der Waals surface area contributed by atoms with Gasteiger partial charge in [-0.3, -0.25) is 0 Å². The Morgan fingerprint density at radius 1 is 1.64 bits per heavy atom. The van der Waals surface area contributed by atoms with Crippen LogP contribution in [0.25, 0.3) is 5.73 Å². The normalized spacial score (nSPS) is 5.82. The van der Waals surface area contributed by atoms with Crippen LogP contribution in [-0.2, 0) is 14.5 Å². The monoisotopic (exact) mass is 471 g/mol. The summed E-state index contributed by atoms with van der Waals surface area (Å²) in [6.07, 6.45) is 0.736. The van der Waals surface area contributed by atoms with E-state index in [1.807, 2.05) is 0 Å². The first-order chi connectivity index (χ1) is 4.74. The summed E-state index contributed by atoms with van der Waals surface area (Å²) in [5, 5.41) is 9.00. The van der Waals surface area contributed by atoms with E-state index in [4.69, 9.17) is 15.8 Å². The van der Waals surface area contributed by atoms with Crippen molar-refractivity contribution in [2.24, 2.45) is 5.34 Å². The summed E-state index contributed by atoms with van der Waals surface area (Å²) in [4.78, 5) is 8.00. The molecular formula is C4H10Br2N2O2Pt-4. The van der Waals surface area contributed by atoms with Crippen LogP contribution >= 0.6 is 26.6 Å². The summed E-state index contributed by atoms with van der Waals surface area (Å²) < 4.78 is 0. The molecular weight excluding hydrogens is 463 g/mol. The van der Waals surface area contributed by atoms with Crippen LogP contribution in [0.4, 0.5) is 0 Å². The third-order valence-corrected chi connectivity index (χ3v) is 0.177. The molecule has 0 bridgehead atoms. The van der Waals surface area contributed by atoms with Crippen LogP contribution in [0.2, 0.25) is 0 Å². The molecule has 0 aromatic carbocycles. The molecule has 7 heteroatoms. The van der Waals surface area contributed by atoms with Gasteiger partial charge in [0.05, 0.1) is 0 Å². The fourth-order valence-corrected chi connectivity index (χ4v) is 0. The van der Waals surface area contributed by atoms with E-state index in [1.165, 1.54) is 0 Å². The summed E-state index contributed by atoms with van der Waals surface area (Å²) in [5.74, 6) is 0. The van der Waals surface area contributed by atoms with Crippen molar-refractivity contribution < 1.29 is 14.5 Å². The molecule has 0 saturated heterocycles. The summed E-state index contributed by atoms with van der Waals surface area (Å²) in [6, 6.07) is 0. The second-order valence-electron chi connectivity index (χ2n) is 0.723. The Morgan fingerprint density at radius 3 is 1.73 bits per heavy atom. The van der Waals surface area contributed by atoms with E-state index in [9.17, 15) is 0 Å². The first-order valence-electron chi connectivity index (χ1n) is 1.96. The molecule has 11 heavy (non-hydrogen) atoms. The maximum Gasteiger partial charge on any atom is -0.179 e. The van der Waals surface area contributed by atoms with Crippen LogP contribution in [0.1, 0.15) is 6.42 Å². The number of nitrogens with zero attached hydrogens (tertiary/aromatic N) is 1. The predicted molar refractivity (Wildman–Crippen MR) is 52.6 cm³/mol. The first kappa shape index (κ1) is 22.7. The summed E-state index contributed by atoms with van der Waals surface area (Å²) in [7, 11) is 0.